The fourth-order valence-corrected chi connectivity index (χ4v) is 1.22. The molecule has 3 heteroatoms. The van der Waals surface area contributed by atoms with Crippen LogP contribution in [-0.2, 0) is 14.3 Å². The first-order valence-corrected chi connectivity index (χ1v) is 5.58. The summed E-state index contributed by atoms with van der Waals surface area (Å²) in [5.74, 6) is -0.130. The molecule has 0 aromatic heterocycles. The Bertz CT molecular complexity index is 219. The molecule has 0 bridgehead atoms. The number of carbonyl (C=O) groups is 2. The van der Waals surface area contributed by atoms with E-state index in [4.69, 9.17) is 4.74 Å². The van der Waals surface area contributed by atoms with Crippen LogP contribution in [-0.4, -0.2) is 18.4 Å². The van der Waals surface area contributed by atoms with Gasteiger partial charge < -0.3 is 4.74 Å². The van der Waals surface area contributed by atoms with Crippen molar-refractivity contribution in [3.8, 4) is 0 Å². The first-order chi connectivity index (χ1) is 6.91. The highest BCUT2D eigenvalue weighted by atomic mass is 16.5. The van der Waals surface area contributed by atoms with Crippen LogP contribution < -0.4 is 0 Å². The summed E-state index contributed by atoms with van der Waals surface area (Å²) in [7, 11) is 0. The van der Waals surface area contributed by atoms with Gasteiger partial charge in [0.05, 0.1) is 13.0 Å². The summed E-state index contributed by atoms with van der Waals surface area (Å²) in [6.45, 7) is 8.34. The van der Waals surface area contributed by atoms with E-state index >= 15 is 0 Å². The lowest BCUT2D eigenvalue weighted by atomic mass is 9.84. The summed E-state index contributed by atoms with van der Waals surface area (Å²) in [5, 5.41) is 0. The highest BCUT2D eigenvalue weighted by Crippen LogP contribution is 2.25. The van der Waals surface area contributed by atoms with E-state index in [-0.39, 0.29) is 23.6 Å². The van der Waals surface area contributed by atoms with E-state index in [9.17, 15) is 9.59 Å². The van der Waals surface area contributed by atoms with Crippen LogP contribution in [0.5, 0.6) is 0 Å². The Kier molecular flexibility index (Phi) is 6.21. The van der Waals surface area contributed by atoms with Gasteiger partial charge in [-0.3, -0.25) is 9.59 Å². The fraction of sp³-hybridized carbons (Fsp3) is 0.833. The maximum atomic E-state index is 11.5. The number of esters is 1. The van der Waals surface area contributed by atoms with Gasteiger partial charge in [-0.1, -0.05) is 27.2 Å². The zero-order valence-corrected chi connectivity index (χ0v) is 10.3. The Hall–Kier alpha value is -0.860. The maximum absolute atomic E-state index is 11.5. The average molecular weight is 214 g/mol. The van der Waals surface area contributed by atoms with Gasteiger partial charge >= 0.3 is 5.97 Å². The summed E-state index contributed by atoms with van der Waals surface area (Å²) >= 11 is 0. The second kappa shape index (κ2) is 6.59. The van der Waals surface area contributed by atoms with Gasteiger partial charge in [0.15, 0.2) is 0 Å². The topological polar surface area (TPSA) is 43.4 Å². The summed E-state index contributed by atoms with van der Waals surface area (Å²) < 4.78 is 4.76. The van der Waals surface area contributed by atoms with E-state index < -0.39 is 0 Å². The third-order valence-electron chi connectivity index (χ3n) is 2.55. The quantitative estimate of drug-likeness (QED) is 0.612. The number of ketones is 1. The minimum absolute atomic E-state index is 0.0474. The number of carbonyl (C=O) groups excluding carboxylic acids is 2. The van der Waals surface area contributed by atoms with Gasteiger partial charge in [0.1, 0.15) is 5.78 Å². The zero-order valence-electron chi connectivity index (χ0n) is 10.3. The van der Waals surface area contributed by atoms with E-state index in [0.717, 1.165) is 6.42 Å². The number of ether oxygens (including phenoxy) is 1. The van der Waals surface area contributed by atoms with Gasteiger partial charge in [-0.05, 0) is 12.3 Å². The number of hydrogen-bond acceptors (Lipinski definition) is 3. The van der Waals surface area contributed by atoms with Crippen LogP contribution in [0.15, 0.2) is 0 Å². The molecule has 88 valence electrons. The van der Waals surface area contributed by atoms with Crippen molar-refractivity contribution >= 4 is 11.8 Å². The van der Waals surface area contributed by atoms with Crippen molar-refractivity contribution in [2.24, 2.45) is 5.41 Å². The molecule has 0 aliphatic carbocycles. The predicted molar refractivity (Wildman–Crippen MR) is 59.6 cm³/mol. The van der Waals surface area contributed by atoms with Crippen LogP contribution in [0.4, 0.5) is 0 Å². The molecule has 0 aliphatic heterocycles. The molecule has 0 saturated heterocycles. The molecule has 0 rings (SSSR count). The smallest absolute Gasteiger partial charge is 0.306 e. The molecule has 0 unspecified atom stereocenters. The standard InChI is InChI=1S/C12H22O3/c1-5-12(3,4)9-10(13)7-8-11(14)15-6-2/h5-9H2,1-4H3. The largest absolute Gasteiger partial charge is 0.466 e. The molecular weight excluding hydrogens is 192 g/mol. The Morgan fingerprint density at radius 3 is 2.20 bits per heavy atom. The molecule has 0 atom stereocenters. The molecule has 0 N–H and O–H groups in total. The highest BCUT2D eigenvalue weighted by molar-refractivity contribution is 5.83. The molecule has 0 heterocycles. The summed E-state index contributed by atoms with van der Waals surface area (Å²) in [5.41, 5.74) is 0.0474. The molecule has 0 fully saturated rings. The van der Waals surface area contributed by atoms with Crippen molar-refractivity contribution in [1.29, 1.82) is 0 Å². The molecular formula is C12H22O3. The number of Topliss-reactive ketones (excluding diaryl/α,β-unsaturated/α-hetero) is 1. The Labute approximate surface area is 92.2 Å². The highest BCUT2D eigenvalue weighted by Gasteiger charge is 2.20. The van der Waals surface area contributed by atoms with Crippen molar-refractivity contribution in [2.75, 3.05) is 6.61 Å². The van der Waals surface area contributed by atoms with Crippen molar-refractivity contribution in [2.45, 2.75) is 53.4 Å². The third-order valence-corrected chi connectivity index (χ3v) is 2.55. The second-order valence-electron chi connectivity index (χ2n) is 4.54. The monoisotopic (exact) mass is 214 g/mol. The van der Waals surface area contributed by atoms with Gasteiger partial charge in [0, 0.05) is 12.8 Å². The average Bonchev–Trinajstić information content (AvgIpc) is 2.15. The Morgan fingerprint density at radius 2 is 1.73 bits per heavy atom. The van der Waals surface area contributed by atoms with E-state index in [0.29, 0.717) is 19.4 Å². The van der Waals surface area contributed by atoms with Crippen LogP contribution in [0.3, 0.4) is 0 Å². The molecule has 0 aromatic carbocycles. The molecule has 0 saturated carbocycles. The van der Waals surface area contributed by atoms with Gasteiger partial charge in [-0.2, -0.15) is 0 Å². The van der Waals surface area contributed by atoms with Gasteiger partial charge in [-0.15, -0.1) is 0 Å². The molecule has 0 aromatic rings. The lowest BCUT2D eigenvalue weighted by molar-refractivity contribution is -0.144. The molecule has 15 heavy (non-hydrogen) atoms. The summed E-state index contributed by atoms with van der Waals surface area (Å²) in [6, 6.07) is 0. The van der Waals surface area contributed by atoms with Gasteiger partial charge in [-0.25, -0.2) is 0 Å². The van der Waals surface area contributed by atoms with Crippen LogP contribution in [0.25, 0.3) is 0 Å². The number of rotatable bonds is 7. The van der Waals surface area contributed by atoms with E-state index in [2.05, 4.69) is 20.8 Å². The second-order valence-corrected chi connectivity index (χ2v) is 4.54. The Morgan fingerprint density at radius 1 is 1.13 bits per heavy atom. The SMILES string of the molecule is CCOC(=O)CCC(=O)CC(C)(C)CC. The lowest BCUT2D eigenvalue weighted by Gasteiger charge is -2.21. The fourth-order valence-electron chi connectivity index (χ4n) is 1.22. The first kappa shape index (κ1) is 14.1. The minimum Gasteiger partial charge on any atom is -0.466 e. The molecule has 0 spiro atoms. The van der Waals surface area contributed by atoms with E-state index in [1.807, 2.05) is 0 Å². The molecule has 0 amide bonds. The third kappa shape index (κ3) is 7.11. The van der Waals surface area contributed by atoms with Crippen LogP contribution in [0.2, 0.25) is 0 Å². The molecule has 0 aliphatic rings. The van der Waals surface area contributed by atoms with Gasteiger partial charge in [0.2, 0.25) is 0 Å². The zero-order chi connectivity index (χ0) is 11.9. The summed E-state index contributed by atoms with van der Waals surface area (Å²) in [6.07, 6.45) is 2.04. The molecule has 0 radical (unpaired) electrons. The minimum atomic E-state index is -0.278. The van der Waals surface area contributed by atoms with Crippen molar-refractivity contribution < 1.29 is 14.3 Å². The van der Waals surface area contributed by atoms with E-state index in [1.165, 1.54) is 0 Å². The first-order valence-electron chi connectivity index (χ1n) is 5.58. The van der Waals surface area contributed by atoms with Crippen LogP contribution in [0.1, 0.15) is 53.4 Å². The van der Waals surface area contributed by atoms with Crippen molar-refractivity contribution in [3.63, 3.8) is 0 Å². The van der Waals surface area contributed by atoms with Crippen molar-refractivity contribution in [3.05, 3.63) is 0 Å². The molecule has 3 nitrogen and oxygen atoms in total. The maximum Gasteiger partial charge on any atom is 0.306 e. The number of hydrogen-bond donors (Lipinski definition) is 0. The normalized spacial score (nSPS) is 11.2. The summed E-state index contributed by atoms with van der Waals surface area (Å²) in [4.78, 5) is 22.5. The van der Waals surface area contributed by atoms with E-state index in [1.54, 1.807) is 6.92 Å². The Balaban J connectivity index is 3.80. The predicted octanol–water partition coefficient (Wildman–Crippen LogP) is 2.73. The van der Waals surface area contributed by atoms with Crippen LogP contribution >= 0.6 is 0 Å². The lowest BCUT2D eigenvalue weighted by Crippen LogP contribution is -2.17. The van der Waals surface area contributed by atoms with Crippen molar-refractivity contribution in [1.82, 2.24) is 0 Å². The van der Waals surface area contributed by atoms with Crippen LogP contribution in [0, 0.1) is 5.41 Å². The van der Waals surface area contributed by atoms with Gasteiger partial charge in [0.25, 0.3) is 0 Å².